The van der Waals surface area contributed by atoms with Crippen LogP contribution >= 0.6 is 15.9 Å². The maximum Gasteiger partial charge on any atom is 0.0181 e. The Morgan fingerprint density at radius 3 is 1.63 bits per heavy atom. The molecule has 0 aliphatic carbocycles. The first-order valence-electron chi connectivity index (χ1n) is 11.9. The smallest absolute Gasteiger partial charge is 0.0181 e. The van der Waals surface area contributed by atoms with Gasteiger partial charge in [-0.05, 0) is 83.5 Å². The Hall–Kier alpha value is -3.94. The second kappa shape index (κ2) is 8.08. The number of rotatable bonds is 2. The van der Waals surface area contributed by atoms with Gasteiger partial charge >= 0.3 is 0 Å². The Bertz CT molecular complexity index is 1850. The average molecular weight is 509 g/mol. The van der Waals surface area contributed by atoms with Crippen LogP contribution in [0.3, 0.4) is 0 Å². The van der Waals surface area contributed by atoms with E-state index in [0.717, 1.165) is 4.47 Å². The van der Waals surface area contributed by atoms with Gasteiger partial charge in [0.05, 0.1) is 0 Å². The van der Waals surface area contributed by atoms with E-state index in [2.05, 4.69) is 143 Å². The van der Waals surface area contributed by atoms with Crippen LogP contribution in [0.5, 0.6) is 0 Å². The first-order chi connectivity index (χ1) is 17.3. The van der Waals surface area contributed by atoms with Gasteiger partial charge in [0.15, 0.2) is 0 Å². The van der Waals surface area contributed by atoms with Crippen molar-refractivity contribution >= 4 is 59.0 Å². The van der Waals surface area contributed by atoms with E-state index in [1.807, 2.05) is 0 Å². The highest BCUT2D eigenvalue weighted by Gasteiger charge is 2.17. The summed E-state index contributed by atoms with van der Waals surface area (Å²) in [5.41, 5.74) is 5.13. The van der Waals surface area contributed by atoms with Crippen molar-refractivity contribution in [2.75, 3.05) is 0 Å². The lowest BCUT2D eigenvalue weighted by atomic mass is 9.84. The van der Waals surface area contributed by atoms with Gasteiger partial charge in [-0.3, -0.25) is 0 Å². The molecule has 7 aromatic carbocycles. The van der Waals surface area contributed by atoms with Crippen LogP contribution in [0.4, 0.5) is 0 Å². The third kappa shape index (κ3) is 3.27. The maximum absolute atomic E-state index is 3.61. The van der Waals surface area contributed by atoms with Crippen molar-refractivity contribution in [1.82, 2.24) is 0 Å². The van der Waals surface area contributed by atoms with E-state index in [0.29, 0.717) is 0 Å². The molecule has 0 nitrogen and oxygen atoms in total. The molecular formula is C34H21Br. The van der Waals surface area contributed by atoms with Crippen LogP contribution in [0.15, 0.2) is 132 Å². The molecule has 164 valence electrons. The lowest BCUT2D eigenvalue weighted by Crippen LogP contribution is -1.91. The molecule has 7 aromatic rings. The average Bonchev–Trinajstić information content (AvgIpc) is 2.91. The van der Waals surface area contributed by atoms with Crippen molar-refractivity contribution in [2.24, 2.45) is 0 Å². The fourth-order valence-electron chi connectivity index (χ4n) is 5.55. The maximum atomic E-state index is 3.61. The Labute approximate surface area is 212 Å². The number of hydrogen-bond donors (Lipinski definition) is 0. The summed E-state index contributed by atoms with van der Waals surface area (Å²) in [4.78, 5) is 0. The molecule has 0 aromatic heterocycles. The lowest BCUT2D eigenvalue weighted by Gasteiger charge is -2.19. The van der Waals surface area contributed by atoms with Gasteiger partial charge in [0.2, 0.25) is 0 Å². The zero-order valence-corrected chi connectivity index (χ0v) is 20.6. The lowest BCUT2D eigenvalue weighted by molar-refractivity contribution is 1.67. The third-order valence-electron chi connectivity index (χ3n) is 7.08. The zero-order chi connectivity index (χ0) is 23.4. The SMILES string of the molecule is Brc1ccc2cc(-c3c4ccccc4c(-c4cccc5ccccc45)c4ccccc34)ccc2c1. The molecule has 1 heteroatoms. The molecule has 0 atom stereocenters. The fraction of sp³-hybridized carbons (Fsp3) is 0. The molecule has 0 saturated carbocycles. The summed E-state index contributed by atoms with van der Waals surface area (Å²) in [7, 11) is 0. The summed E-state index contributed by atoms with van der Waals surface area (Å²) in [6, 6.07) is 46.4. The second-order valence-electron chi connectivity index (χ2n) is 9.07. The molecule has 0 heterocycles. The van der Waals surface area contributed by atoms with Crippen molar-refractivity contribution < 1.29 is 0 Å². The Morgan fingerprint density at radius 2 is 0.914 bits per heavy atom. The van der Waals surface area contributed by atoms with Gasteiger partial charge in [0, 0.05) is 4.47 Å². The van der Waals surface area contributed by atoms with Crippen LogP contribution in [0.2, 0.25) is 0 Å². The topological polar surface area (TPSA) is 0 Å². The minimum Gasteiger partial charge on any atom is -0.0616 e. The van der Waals surface area contributed by atoms with Gasteiger partial charge < -0.3 is 0 Å². The van der Waals surface area contributed by atoms with Crippen molar-refractivity contribution in [3.8, 4) is 22.3 Å². The van der Waals surface area contributed by atoms with E-state index in [9.17, 15) is 0 Å². The highest BCUT2D eigenvalue weighted by Crippen LogP contribution is 2.45. The molecular weight excluding hydrogens is 488 g/mol. The summed E-state index contributed by atoms with van der Waals surface area (Å²) < 4.78 is 1.10. The first kappa shape index (κ1) is 20.4. The number of hydrogen-bond acceptors (Lipinski definition) is 0. The normalized spacial score (nSPS) is 11.6. The van der Waals surface area contributed by atoms with Gasteiger partial charge in [0.25, 0.3) is 0 Å². The quantitative estimate of drug-likeness (QED) is 0.203. The van der Waals surface area contributed by atoms with Crippen molar-refractivity contribution in [1.29, 1.82) is 0 Å². The molecule has 0 saturated heterocycles. The third-order valence-corrected chi connectivity index (χ3v) is 7.57. The Kier molecular flexibility index (Phi) is 4.72. The predicted molar refractivity (Wildman–Crippen MR) is 155 cm³/mol. The van der Waals surface area contributed by atoms with E-state index in [1.165, 1.54) is 65.3 Å². The number of halogens is 1. The van der Waals surface area contributed by atoms with E-state index in [4.69, 9.17) is 0 Å². The van der Waals surface area contributed by atoms with E-state index in [-0.39, 0.29) is 0 Å². The van der Waals surface area contributed by atoms with Crippen LogP contribution in [0.1, 0.15) is 0 Å². The summed E-state index contributed by atoms with van der Waals surface area (Å²) in [6.07, 6.45) is 0. The molecule has 0 amide bonds. The van der Waals surface area contributed by atoms with Crippen molar-refractivity contribution in [3.05, 3.63) is 132 Å². The summed E-state index contributed by atoms with van der Waals surface area (Å²) >= 11 is 3.61. The van der Waals surface area contributed by atoms with Crippen LogP contribution in [0.25, 0.3) is 65.3 Å². The van der Waals surface area contributed by atoms with E-state index in [1.54, 1.807) is 0 Å². The standard InChI is InChI=1S/C34H21Br/c35-26-19-18-23-20-25(17-16-24(23)21-26)33-29-11-3-5-13-31(29)34(32-14-6-4-12-30(32)33)28-15-7-9-22-8-1-2-10-27(22)28/h1-21H. The summed E-state index contributed by atoms with van der Waals surface area (Å²) in [5.74, 6) is 0. The fourth-order valence-corrected chi connectivity index (χ4v) is 5.92. The van der Waals surface area contributed by atoms with Gasteiger partial charge in [-0.25, -0.2) is 0 Å². The Morgan fingerprint density at radius 1 is 0.371 bits per heavy atom. The molecule has 0 N–H and O–H groups in total. The van der Waals surface area contributed by atoms with Crippen LogP contribution < -0.4 is 0 Å². The van der Waals surface area contributed by atoms with Crippen LogP contribution in [-0.2, 0) is 0 Å². The highest BCUT2D eigenvalue weighted by atomic mass is 79.9. The van der Waals surface area contributed by atoms with Crippen LogP contribution in [-0.4, -0.2) is 0 Å². The van der Waals surface area contributed by atoms with Crippen molar-refractivity contribution in [2.45, 2.75) is 0 Å². The number of benzene rings is 7. The number of fused-ring (bicyclic) bond motifs is 4. The molecule has 0 aliphatic rings. The summed E-state index contributed by atoms with van der Waals surface area (Å²) in [5, 5.41) is 10.2. The van der Waals surface area contributed by atoms with Gasteiger partial charge in [-0.1, -0.05) is 125 Å². The largest absolute Gasteiger partial charge is 0.0616 e. The van der Waals surface area contributed by atoms with E-state index >= 15 is 0 Å². The highest BCUT2D eigenvalue weighted by molar-refractivity contribution is 9.10. The van der Waals surface area contributed by atoms with Crippen molar-refractivity contribution in [3.63, 3.8) is 0 Å². The minimum absolute atomic E-state index is 1.10. The monoisotopic (exact) mass is 508 g/mol. The van der Waals surface area contributed by atoms with Crippen LogP contribution in [0, 0.1) is 0 Å². The van der Waals surface area contributed by atoms with E-state index < -0.39 is 0 Å². The van der Waals surface area contributed by atoms with Gasteiger partial charge in [0.1, 0.15) is 0 Å². The molecule has 0 radical (unpaired) electrons. The molecule has 35 heavy (non-hydrogen) atoms. The molecule has 0 unspecified atom stereocenters. The molecule has 0 bridgehead atoms. The van der Waals surface area contributed by atoms with Gasteiger partial charge in [-0.2, -0.15) is 0 Å². The Balaban J connectivity index is 1.63. The second-order valence-corrected chi connectivity index (χ2v) is 9.99. The molecule has 0 spiro atoms. The minimum atomic E-state index is 1.10. The zero-order valence-electron chi connectivity index (χ0n) is 19.0. The predicted octanol–water partition coefficient (Wildman–Crippen LogP) is 10.4. The first-order valence-corrected chi connectivity index (χ1v) is 12.7. The van der Waals surface area contributed by atoms with Gasteiger partial charge in [-0.15, -0.1) is 0 Å². The molecule has 0 aliphatic heterocycles. The molecule has 0 fully saturated rings. The molecule has 7 rings (SSSR count). The summed E-state index contributed by atoms with van der Waals surface area (Å²) in [6.45, 7) is 0.